The summed E-state index contributed by atoms with van der Waals surface area (Å²) in [6, 6.07) is 0.374. The summed E-state index contributed by atoms with van der Waals surface area (Å²) in [7, 11) is 2.95. The Bertz CT molecular complexity index is 367. The molecule has 0 atom stereocenters. The SMILES string of the molecule is COc1nc(NC2(CO)CCC2)nc(OC)n1. The number of hydrogen-bond acceptors (Lipinski definition) is 7. The van der Waals surface area contributed by atoms with Gasteiger partial charge in [-0.2, -0.15) is 9.97 Å². The summed E-state index contributed by atoms with van der Waals surface area (Å²) in [5, 5.41) is 12.5. The quantitative estimate of drug-likeness (QED) is 0.760. The molecule has 2 N–H and O–H groups in total. The Kier molecular flexibility index (Phi) is 3.28. The minimum absolute atomic E-state index is 0.0588. The van der Waals surface area contributed by atoms with Crippen LogP contribution in [0.4, 0.5) is 5.95 Å². The second-order valence-corrected chi connectivity index (χ2v) is 4.05. The Morgan fingerprint density at radius 1 is 1.18 bits per heavy atom. The first-order valence-corrected chi connectivity index (χ1v) is 5.44. The van der Waals surface area contributed by atoms with Crippen LogP contribution in [0.25, 0.3) is 0 Å². The molecule has 1 saturated carbocycles. The van der Waals surface area contributed by atoms with Crippen LogP contribution in [0, 0.1) is 0 Å². The van der Waals surface area contributed by atoms with Gasteiger partial charge in [0.15, 0.2) is 0 Å². The molecule has 0 amide bonds. The number of rotatable bonds is 5. The van der Waals surface area contributed by atoms with Gasteiger partial charge in [0.25, 0.3) is 0 Å². The number of hydrogen-bond donors (Lipinski definition) is 2. The van der Waals surface area contributed by atoms with Crippen molar-refractivity contribution in [2.75, 3.05) is 26.1 Å². The molecule has 7 nitrogen and oxygen atoms in total. The van der Waals surface area contributed by atoms with Crippen LogP contribution in [0.5, 0.6) is 12.0 Å². The lowest BCUT2D eigenvalue weighted by Crippen LogP contribution is -2.48. The Morgan fingerprint density at radius 2 is 1.76 bits per heavy atom. The molecule has 1 heterocycles. The van der Waals surface area contributed by atoms with Crippen LogP contribution in [0.15, 0.2) is 0 Å². The fraction of sp³-hybridized carbons (Fsp3) is 0.700. The van der Waals surface area contributed by atoms with Crippen LogP contribution in [0.2, 0.25) is 0 Å². The summed E-state index contributed by atoms with van der Waals surface area (Å²) >= 11 is 0. The number of anilines is 1. The third-order valence-corrected chi connectivity index (χ3v) is 2.95. The average molecular weight is 240 g/mol. The van der Waals surface area contributed by atoms with Crippen molar-refractivity contribution in [2.24, 2.45) is 0 Å². The van der Waals surface area contributed by atoms with Gasteiger partial charge in [-0.25, -0.2) is 0 Å². The molecule has 1 fully saturated rings. The summed E-state index contributed by atoms with van der Waals surface area (Å²) in [6.45, 7) is 0.0588. The lowest BCUT2D eigenvalue weighted by Gasteiger charge is -2.40. The number of nitrogens with zero attached hydrogens (tertiary/aromatic N) is 3. The Morgan fingerprint density at radius 3 is 2.12 bits per heavy atom. The molecule has 94 valence electrons. The van der Waals surface area contributed by atoms with E-state index in [0.29, 0.717) is 5.95 Å². The number of aromatic nitrogens is 3. The van der Waals surface area contributed by atoms with Gasteiger partial charge >= 0.3 is 12.0 Å². The summed E-state index contributed by atoms with van der Waals surface area (Å²) in [6.07, 6.45) is 2.90. The first-order valence-electron chi connectivity index (χ1n) is 5.44. The molecule has 17 heavy (non-hydrogen) atoms. The highest BCUT2D eigenvalue weighted by Crippen LogP contribution is 2.34. The predicted molar refractivity (Wildman–Crippen MR) is 60.2 cm³/mol. The van der Waals surface area contributed by atoms with Gasteiger partial charge in [-0.05, 0) is 19.3 Å². The van der Waals surface area contributed by atoms with Gasteiger partial charge in [-0.3, -0.25) is 0 Å². The molecule has 1 aromatic heterocycles. The molecule has 0 aromatic carbocycles. The van der Waals surface area contributed by atoms with Crippen LogP contribution >= 0.6 is 0 Å². The maximum absolute atomic E-state index is 9.35. The highest BCUT2D eigenvalue weighted by atomic mass is 16.5. The lowest BCUT2D eigenvalue weighted by atomic mass is 9.77. The highest BCUT2D eigenvalue weighted by Gasteiger charge is 2.37. The van der Waals surface area contributed by atoms with Crippen molar-refractivity contribution < 1.29 is 14.6 Å². The summed E-state index contributed by atoms with van der Waals surface area (Å²) in [5.41, 5.74) is -0.308. The lowest BCUT2D eigenvalue weighted by molar-refractivity contribution is 0.143. The van der Waals surface area contributed by atoms with Crippen LogP contribution in [-0.2, 0) is 0 Å². The van der Waals surface area contributed by atoms with Gasteiger partial charge in [-0.15, -0.1) is 4.98 Å². The van der Waals surface area contributed by atoms with Gasteiger partial charge in [0, 0.05) is 0 Å². The Hall–Kier alpha value is -1.63. The van der Waals surface area contributed by atoms with Gasteiger partial charge in [0.05, 0.1) is 26.4 Å². The van der Waals surface area contributed by atoms with E-state index in [9.17, 15) is 5.11 Å². The normalized spacial score (nSPS) is 17.1. The molecular formula is C10H16N4O3. The van der Waals surface area contributed by atoms with Gasteiger partial charge in [0.2, 0.25) is 5.95 Å². The second-order valence-electron chi connectivity index (χ2n) is 4.05. The van der Waals surface area contributed by atoms with Crippen molar-refractivity contribution >= 4 is 5.95 Å². The zero-order valence-corrected chi connectivity index (χ0v) is 9.93. The summed E-state index contributed by atoms with van der Waals surface area (Å²) in [4.78, 5) is 12.0. The third kappa shape index (κ3) is 2.38. The minimum atomic E-state index is -0.308. The number of aliphatic hydroxyl groups is 1. The van der Waals surface area contributed by atoms with Crippen molar-refractivity contribution in [1.82, 2.24) is 15.0 Å². The molecular weight excluding hydrogens is 224 g/mol. The van der Waals surface area contributed by atoms with E-state index in [-0.39, 0.29) is 24.2 Å². The zero-order valence-electron chi connectivity index (χ0n) is 9.93. The minimum Gasteiger partial charge on any atom is -0.467 e. The maximum atomic E-state index is 9.35. The molecule has 0 aliphatic heterocycles. The number of aliphatic hydroxyl groups excluding tert-OH is 1. The molecule has 0 unspecified atom stereocenters. The van der Waals surface area contributed by atoms with E-state index in [1.807, 2.05) is 0 Å². The van der Waals surface area contributed by atoms with E-state index in [1.54, 1.807) is 0 Å². The molecule has 0 spiro atoms. The molecule has 1 aromatic rings. The zero-order chi connectivity index (χ0) is 12.3. The average Bonchev–Trinajstić information content (AvgIpc) is 2.33. The molecule has 2 rings (SSSR count). The highest BCUT2D eigenvalue weighted by molar-refractivity contribution is 5.33. The van der Waals surface area contributed by atoms with Crippen LogP contribution in [-0.4, -0.2) is 46.4 Å². The van der Waals surface area contributed by atoms with Crippen molar-refractivity contribution in [3.8, 4) is 12.0 Å². The summed E-state index contributed by atoms with van der Waals surface area (Å²) < 4.78 is 9.90. The molecule has 0 saturated heterocycles. The standard InChI is InChI=1S/C10H16N4O3/c1-16-8-11-7(12-9(13-8)17-2)14-10(6-15)4-3-5-10/h15H,3-6H2,1-2H3,(H,11,12,13,14). The number of methoxy groups -OCH3 is 2. The van der Waals surface area contributed by atoms with E-state index in [4.69, 9.17) is 9.47 Å². The molecule has 7 heteroatoms. The van der Waals surface area contributed by atoms with Crippen LogP contribution in [0.3, 0.4) is 0 Å². The Labute approximate surface area is 99.2 Å². The topological polar surface area (TPSA) is 89.4 Å². The van der Waals surface area contributed by atoms with E-state index in [1.165, 1.54) is 14.2 Å². The van der Waals surface area contributed by atoms with Gasteiger partial charge in [0.1, 0.15) is 0 Å². The van der Waals surface area contributed by atoms with E-state index in [0.717, 1.165) is 19.3 Å². The number of nitrogens with one attached hydrogen (secondary N) is 1. The molecule has 1 aliphatic carbocycles. The van der Waals surface area contributed by atoms with E-state index < -0.39 is 0 Å². The van der Waals surface area contributed by atoms with Crippen molar-refractivity contribution in [1.29, 1.82) is 0 Å². The predicted octanol–water partition coefficient (Wildman–Crippen LogP) is 0.216. The van der Waals surface area contributed by atoms with Gasteiger partial charge in [-0.1, -0.05) is 0 Å². The first-order chi connectivity index (χ1) is 8.21. The van der Waals surface area contributed by atoms with Crippen LogP contribution < -0.4 is 14.8 Å². The smallest absolute Gasteiger partial charge is 0.324 e. The van der Waals surface area contributed by atoms with E-state index in [2.05, 4.69) is 20.3 Å². The second kappa shape index (κ2) is 4.70. The third-order valence-electron chi connectivity index (χ3n) is 2.95. The van der Waals surface area contributed by atoms with Crippen molar-refractivity contribution in [2.45, 2.75) is 24.8 Å². The monoisotopic (exact) mass is 240 g/mol. The fourth-order valence-corrected chi connectivity index (χ4v) is 1.74. The van der Waals surface area contributed by atoms with Crippen molar-refractivity contribution in [3.05, 3.63) is 0 Å². The Balaban J connectivity index is 2.19. The number of ether oxygens (including phenoxy) is 2. The molecule has 0 radical (unpaired) electrons. The largest absolute Gasteiger partial charge is 0.467 e. The molecule has 0 bridgehead atoms. The maximum Gasteiger partial charge on any atom is 0.324 e. The fourth-order valence-electron chi connectivity index (χ4n) is 1.74. The van der Waals surface area contributed by atoms with Crippen LogP contribution in [0.1, 0.15) is 19.3 Å². The first kappa shape index (κ1) is 11.8. The summed E-state index contributed by atoms with van der Waals surface area (Å²) in [5.74, 6) is 0.363. The van der Waals surface area contributed by atoms with Gasteiger partial charge < -0.3 is 19.9 Å². The van der Waals surface area contributed by atoms with Crippen molar-refractivity contribution in [3.63, 3.8) is 0 Å². The van der Waals surface area contributed by atoms with E-state index >= 15 is 0 Å². The molecule has 1 aliphatic rings.